The molecule has 1 unspecified atom stereocenters. The number of hydrogen-bond donors (Lipinski definition) is 1. The van der Waals surface area contributed by atoms with Crippen LogP contribution in [0.1, 0.15) is 36.8 Å². The molecule has 0 aliphatic carbocycles. The summed E-state index contributed by atoms with van der Waals surface area (Å²) in [6.45, 7) is 6.79. The molecule has 2 heterocycles. The van der Waals surface area contributed by atoms with Gasteiger partial charge < -0.3 is 10.2 Å². The van der Waals surface area contributed by atoms with Crippen molar-refractivity contribution in [3.8, 4) is 0 Å². The van der Waals surface area contributed by atoms with Crippen molar-refractivity contribution in [1.29, 1.82) is 0 Å². The van der Waals surface area contributed by atoms with Crippen LogP contribution >= 0.6 is 11.3 Å². The molecule has 0 fully saturated rings. The number of nitrogens with one attached hydrogen (secondary N) is 1. The minimum absolute atomic E-state index is 0.249. The van der Waals surface area contributed by atoms with E-state index >= 15 is 0 Å². The van der Waals surface area contributed by atoms with Gasteiger partial charge in [-0.05, 0) is 36.9 Å². The van der Waals surface area contributed by atoms with Gasteiger partial charge in [0.15, 0.2) is 0 Å². The Morgan fingerprint density at radius 1 is 1.65 bits per heavy atom. The van der Waals surface area contributed by atoms with Crippen LogP contribution in [0.3, 0.4) is 0 Å². The third kappa shape index (κ3) is 2.69. The summed E-state index contributed by atoms with van der Waals surface area (Å²) in [6, 6.07) is 2.41. The van der Waals surface area contributed by atoms with Crippen LogP contribution in [0.5, 0.6) is 0 Å². The lowest BCUT2D eigenvalue weighted by molar-refractivity contribution is -0.133. The first-order valence-corrected chi connectivity index (χ1v) is 7.18. The first-order chi connectivity index (χ1) is 8.24. The third-order valence-electron chi connectivity index (χ3n) is 3.36. The number of amides is 1. The zero-order chi connectivity index (χ0) is 12.3. The van der Waals surface area contributed by atoms with Crippen LogP contribution in [-0.4, -0.2) is 30.4 Å². The molecule has 1 aliphatic rings. The molecule has 2 rings (SSSR count). The fourth-order valence-electron chi connectivity index (χ4n) is 2.37. The van der Waals surface area contributed by atoms with Crippen molar-refractivity contribution in [3.05, 3.63) is 21.9 Å². The summed E-state index contributed by atoms with van der Waals surface area (Å²) in [7, 11) is 0. The van der Waals surface area contributed by atoms with E-state index < -0.39 is 0 Å². The number of rotatable bonds is 4. The summed E-state index contributed by atoms with van der Waals surface area (Å²) < 4.78 is 0. The molecule has 4 heteroatoms. The summed E-state index contributed by atoms with van der Waals surface area (Å²) in [5, 5.41) is 5.33. The van der Waals surface area contributed by atoms with Gasteiger partial charge in [0.05, 0.1) is 6.04 Å². The second-order valence-corrected chi connectivity index (χ2v) is 5.42. The zero-order valence-electron chi connectivity index (χ0n) is 10.5. The van der Waals surface area contributed by atoms with E-state index in [0.717, 1.165) is 26.1 Å². The van der Waals surface area contributed by atoms with Crippen LogP contribution in [-0.2, 0) is 11.2 Å². The highest BCUT2D eigenvalue weighted by Gasteiger charge is 2.27. The fourth-order valence-corrected chi connectivity index (χ4v) is 3.33. The number of carbonyl (C=O) groups is 1. The monoisotopic (exact) mass is 252 g/mol. The molecular weight excluding hydrogens is 232 g/mol. The summed E-state index contributed by atoms with van der Waals surface area (Å²) in [5.74, 6) is 0.273. The number of fused-ring (bicyclic) bond motifs is 1. The largest absolute Gasteiger partial charge is 0.335 e. The van der Waals surface area contributed by atoms with Crippen molar-refractivity contribution in [2.24, 2.45) is 0 Å². The van der Waals surface area contributed by atoms with E-state index in [1.54, 1.807) is 0 Å². The highest BCUT2D eigenvalue weighted by atomic mass is 32.1. The molecule has 0 radical (unpaired) electrons. The fraction of sp³-hybridized carbons (Fsp3) is 0.615. The Morgan fingerprint density at radius 2 is 2.47 bits per heavy atom. The van der Waals surface area contributed by atoms with Crippen LogP contribution < -0.4 is 5.32 Å². The van der Waals surface area contributed by atoms with Crippen LogP contribution in [0.15, 0.2) is 11.4 Å². The van der Waals surface area contributed by atoms with Gasteiger partial charge >= 0.3 is 0 Å². The predicted octanol–water partition coefficient (Wildman–Crippen LogP) is 2.19. The molecule has 1 amide bonds. The minimum atomic E-state index is 0.249. The number of nitrogens with zero attached hydrogens (tertiary/aromatic N) is 1. The summed E-state index contributed by atoms with van der Waals surface area (Å²) in [6.07, 6.45) is 1.63. The van der Waals surface area contributed by atoms with Gasteiger partial charge in [-0.3, -0.25) is 4.79 Å². The minimum Gasteiger partial charge on any atom is -0.335 e. The maximum absolute atomic E-state index is 12.1. The van der Waals surface area contributed by atoms with E-state index in [-0.39, 0.29) is 11.9 Å². The van der Waals surface area contributed by atoms with Gasteiger partial charge in [0, 0.05) is 24.4 Å². The molecule has 1 aromatic rings. The van der Waals surface area contributed by atoms with E-state index in [2.05, 4.69) is 30.6 Å². The normalized spacial score (nSPS) is 19.2. The van der Waals surface area contributed by atoms with Crippen molar-refractivity contribution < 1.29 is 4.79 Å². The average molecular weight is 252 g/mol. The predicted molar refractivity (Wildman–Crippen MR) is 71.3 cm³/mol. The molecule has 94 valence electrons. The van der Waals surface area contributed by atoms with E-state index in [4.69, 9.17) is 0 Å². The standard InChI is InChI=1S/C13H20N2OS/c1-3-14-7-4-13(16)15-8-5-12-11(10(15)2)6-9-17-12/h6,9-10,14H,3-5,7-8H2,1-2H3. The molecule has 0 saturated heterocycles. The molecule has 1 atom stereocenters. The van der Waals surface area contributed by atoms with Crippen molar-refractivity contribution in [1.82, 2.24) is 10.2 Å². The Balaban J connectivity index is 1.97. The molecule has 17 heavy (non-hydrogen) atoms. The van der Waals surface area contributed by atoms with Gasteiger partial charge in [0.1, 0.15) is 0 Å². The lowest BCUT2D eigenvalue weighted by Crippen LogP contribution is -2.39. The zero-order valence-corrected chi connectivity index (χ0v) is 11.3. The van der Waals surface area contributed by atoms with Gasteiger partial charge in [-0.15, -0.1) is 11.3 Å². The first kappa shape index (κ1) is 12.6. The maximum Gasteiger partial charge on any atom is 0.224 e. The van der Waals surface area contributed by atoms with Crippen LogP contribution in [0, 0.1) is 0 Å². The summed E-state index contributed by atoms with van der Waals surface area (Å²) in [4.78, 5) is 15.6. The first-order valence-electron chi connectivity index (χ1n) is 6.30. The van der Waals surface area contributed by atoms with E-state index in [0.29, 0.717) is 6.42 Å². The molecule has 0 bridgehead atoms. The molecule has 0 saturated carbocycles. The van der Waals surface area contributed by atoms with Crippen molar-refractivity contribution in [2.45, 2.75) is 32.7 Å². The van der Waals surface area contributed by atoms with Crippen molar-refractivity contribution >= 4 is 17.2 Å². The topological polar surface area (TPSA) is 32.3 Å². The Kier molecular flexibility index (Phi) is 4.18. The number of thiophene rings is 1. The third-order valence-corrected chi connectivity index (χ3v) is 4.36. The lowest BCUT2D eigenvalue weighted by Gasteiger charge is -2.33. The van der Waals surface area contributed by atoms with Gasteiger partial charge in [0.25, 0.3) is 0 Å². The SMILES string of the molecule is CCNCCC(=O)N1CCc2sccc2C1C. The molecule has 1 aromatic heterocycles. The Labute approximate surface area is 107 Å². The lowest BCUT2D eigenvalue weighted by atomic mass is 10.0. The number of carbonyl (C=O) groups excluding carboxylic acids is 1. The van der Waals surface area contributed by atoms with Crippen LogP contribution in [0.25, 0.3) is 0 Å². The molecule has 0 spiro atoms. The van der Waals surface area contributed by atoms with Gasteiger partial charge in [-0.25, -0.2) is 0 Å². The van der Waals surface area contributed by atoms with Crippen molar-refractivity contribution in [2.75, 3.05) is 19.6 Å². The maximum atomic E-state index is 12.1. The Hall–Kier alpha value is -0.870. The quantitative estimate of drug-likeness (QED) is 0.833. The number of hydrogen-bond acceptors (Lipinski definition) is 3. The van der Waals surface area contributed by atoms with Gasteiger partial charge in [0.2, 0.25) is 5.91 Å². The average Bonchev–Trinajstić information content (AvgIpc) is 2.78. The highest BCUT2D eigenvalue weighted by molar-refractivity contribution is 7.10. The summed E-state index contributed by atoms with van der Waals surface area (Å²) >= 11 is 1.81. The van der Waals surface area contributed by atoms with E-state index in [1.807, 2.05) is 16.2 Å². The molecule has 1 aliphatic heterocycles. The molecule has 3 nitrogen and oxygen atoms in total. The van der Waals surface area contributed by atoms with Crippen LogP contribution in [0.2, 0.25) is 0 Å². The second kappa shape index (κ2) is 5.65. The Bertz CT molecular complexity index is 389. The van der Waals surface area contributed by atoms with Gasteiger partial charge in [-0.2, -0.15) is 0 Å². The highest BCUT2D eigenvalue weighted by Crippen LogP contribution is 2.32. The molecular formula is C13H20N2OS. The molecule has 0 aromatic carbocycles. The van der Waals surface area contributed by atoms with E-state index in [1.165, 1.54) is 10.4 Å². The molecule has 1 N–H and O–H groups in total. The van der Waals surface area contributed by atoms with Crippen molar-refractivity contribution in [3.63, 3.8) is 0 Å². The Morgan fingerprint density at radius 3 is 3.24 bits per heavy atom. The second-order valence-electron chi connectivity index (χ2n) is 4.42. The van der Waals surface area contributed by atoms with Gasteiger partial charge in [-0.1, -0.05) is 6.92 Å². The summed E-state index contributed by atoms with van der Waals surface area (Å²) in [5.41, 5.74) is 1.35. The van der Waals surface area contributed by atoms with Crippen LogP contribution in [0.4, 0.5) is 0 Å². The smallest absolute Gasteiger partial charge is 0.224 e. The van der Waals surface area contributed by atoms with E-state index in [9.17, 15) is 4.79 Å².